The van der Waals surface area contributed by atoms with Gasteiger partial charge in [-0.1, -0.05) is 18.2 Å². The molecule has 1 aliphatic rings. The zero-order chi connectivity index (χ0) is 14.8. The van der Waals surface area contributed by atoms with Crippen molar-refractivity contribution in [2.45, 2.75) is 39.2 Å². The summed E-state index contributed by atoms with van der Waals surface area (Å²) >= 11 is 0. The Morgan fingerprint density at radius 2 is 2.20 bits per heavy atom. The average Bonchev–Trinajstić information content (AvgIpc) is 2.78. The molecule has 0 radical (unpaired) electrons. The Hall–Kier alpha value is -2.02. The van der Waals surface area contributed by atoms with Crippen molar-refractivity contribution >= 4 is 11.7 Å². The second kappa shape index (κ2) is 5.54. The van der Waals surface area contributed by atoms with Crippen molar-refractivity contribution in [3.8, 4) is 6.07 Å². The number of nitriles is 1. The van der Waals surface area contributed by atoms with E-state index in [0.717, 1.165) is 24.1 Å². The Labute approximate surface area is 119 Å². The minimum Gasteiger partial charge on any atom is -0.480 e. The number of hydrogen-bond donors (Lipinski definition) is 1. The largest absolute Gasteiger partial charge is 0.480 e. The van der Waals surface area contributed by atoms with Crippen LogP contribution in [-0.4, -0.2) is 23.7 Å². The van der Waals surface area contributed by atoms with Crippen molar-refractivity contribution in [1.29, 1.82) is 5.26 Å². The van der Waals surface area contributed by atoms with E-state index in [4.69, 9.17) is 5.26 Å². The summed E-state index contributed by atoms with van der Waals surface area (Å²) in [6.07, 6.45) is 2.15. The van der Waals surface area contributed by atoms with E-state index in [1.807, 2.05) is 43.0 Å². The fraction of sp³-hybridized carbons (Fsp3) is 0.500. The fourth-order valence-electron chi connectivity index (χ4n) is 2.69. The highest BCUT2D eigenvalue weighted by atomic mass is 16.4. The summed E-state index contributed by atoms with van der Waals surface area (Å²) in [5.41, 5.74) is 1.77. The van der Waals surface area contributed by atoms with Gasteiger partial charge in [0.25, 0.3) is 0 Å². The van der Waals surface area contributed by atoms with Crippen LogP contribution in [0.2, 0.25) is 0 Å². The van der Waals surface area contributed by atoms with Crippen LogP contribution in [0.1, 0.15) is 32.3 Å². The van der Waals surface area contributed by atoms with Gasteiger partial charge in [-0.25, -0.2) is 4.79 Å². The van der Waals surface area contributed by atoms with E-state index in [1.54, 1.807) is 0 Å². The number of para-hydroxylation sites is 1. The molecule has 1 aliphatic heterocycles. The molecular formula is C16H20N2O2. The Morgan fingerprint density at radius 1 is 1.50 bits per heavy atom. The molecule has 1 N–H and O–H groups in total. The molecule has 0 saturated heterocycles. The molecule has 0 aliphatic carbocycles. The van der Waals surface area contributed by atoms with Crippen molar-refractivity contribution in [2.75, 3.05) is 11.4 Å². The molecule has 1 aromatic rings. The molecule has 4 heteroatoms. The number of anilines is 1. The first kappa shape index (κ1) is 14.4. The van der Waals surface area contributed by atoms with Gasteiger partial charge >= 0.3 is 5.97 Å². The minimum atomic E-state index is -0.777. The molecule has 0 fully saturated rings. The summed E-state index contributed by atoms with van der Waals surface area (Å²) in [6, 6.07) is 9.67. The Kier molecular flexibility index (Phi) is 3.99. The summed E-state index contributed by atoms with van der Waals surface area (Å²) < 4.78 is 0. The molecule has 1 atom stereocenters. The summed E-state index contributed by atoms with van der Waals surface area (Å²) in [5.74, 6) is -0.777. The SMILES string of the molecule is CC(C)(C#N)CCCN1c2ccccc2CC1C(=O)O. The van der Waals surface area contributed by atoms with E-state index in [9.17, 15) is 9.90 Å². The molecule has 0 spiro atoms. The highest BCUT2D eigenvalue weighted by Gasteiger charge is 2.33. The third kappa shape index (κ3) is 2.93. The Bertz CT molecular complexity index is 546. The number of benzene rings is 1. The van der Waals surface area contributed by atoms with Crippen LogP contribution in [0.25, 0.3) is 0 Å². The lowest BCUT2D eigenvalue weighted by Crippen LogP contribution is -2.39. The fourth-order valence-corrected chi connectivity index (χ4v) is 2.69. The number of nitrogens with zero attached hydrogens (tertiary/aromatic N) is 2. The molecular weight excluding hydrogens is 252 g/mol. The number of carboxylic acid groups (broad SMARTS) is 1. The normalized spacial score (nSPS) is 17.6. The molecule has 2 rings (SSSR count). The summed E-state index contributed by atoms with van der Waals surface area (Å²) in [5, 5.41) is 18.4. The quantitative estimate of drug-likeness (QED) is 0.895. The van der Waals surface area contributed by atoms with E-state index >= 15 is 0 Å². The van der Waals surface area contributed by atoms with Gasteiger partial charge in [0.15, 0.2) is 0 Å². The van der Waals surface area contributed by atoms with Crippen LogP contribution < -0.4 is 4.90 Å². The first-order chi connectivity index (χ1) is 9.44. The van der Waals surface area contributed by atoms with Gasteiger partial charge in [0, 0.05) is 18.7 Å². The third-order valence-corrected chi connectivity index (χ3v) is 3.88. The number of rotatable bonds is 5. The van der Waals surface area contributed by atoms with Gasteiger partial charge in [0.1, 0.15) is 6.04 Å². The van der Waals surface area contributed by atoms with E-state index < -0.39 is 12.0 Å². The van der Waals surface area contributed by atoms with Gasteiger partial charge in [0.2, 0.25) is 0 Å². The highest BCUT2D eigenvalue weighted by Crippen LogP contribution is 2.33. The van der Waals surface area contributed by atoms with Crippen molar-refractivity contribution in [3.63, 3.8) is 0 Å². The second-order valence-corrected chi connectivity index (χ2v) is 5.98. The number of aliphatic carboxylic acids is 1. The summed E-state index contributed by atoms with van der Waals surface area (Å²) in [4.78, 5) is 13.4. The lowest BCUT2D eigenvalue weighted by Gasteiger charge is -2.26. The van der Waals surface area contributed by atoms with E-state index in [-0.39, 0.29) is 5.41 Å². The van der Waals surface area contributed by atoms with Crippen LogP contribution in [0.4, 0.5) is 5.69 Å². The standard InChI is InChI=1S/C16H20N2O2/c1-16(2,11-17)8-5-9-18-13-7-4-3-6-12(13)10-14(18)15(19)20/h3-4,6-7,14H,5,8-10H2,1-2H3,(H,19,20). The monoisotopic (exact) mass is 272 g/mol. The van der Waals surface area contributed by atoms with E-state index in [2.05, 4.69) is 6.07 Å². The lowest BCUT2D eigenvalue weighted by atomic mass is 9.90. The van der Waals surface area contributed by atoms with Crippen LogP contribution in [-0.2, 0) is 11.2 Å². The minimum absolute atomic E-state index is 0.349. The molecule has 106 valence electrons. The maximum Gasteiger partial charge on any atom is 0.326 e. The maximum atomic E-state index is 11.4. The average molecular weight is 272 g/mol. The van der Waals surface area contributed by atoms with Crippen molar-refractivity contribution in [3.05, 3.63) is 29.8 Å². The van der Waals surface area contributed by atoms with Crippen molar-refractivity contribution in [1.82, 2.24) is 0 Å². The zero-order valence-electron chi connectivity index (χ0n) is 12.0. The van der Waals surface area contributed by atoms with Crippen LogP contribution in [0, 0.1) is 16.7 Å². The number of carboxylic acids is 1. The first-order valence-corrected chi connectivity index (χ1v) is 6.93. The predicted molar refractivity (Wildman–Crippen MR) is 77.5 cm³/mol. The van der Waals surface area contributed by atoms with Gasteiger partial charge in [0.05, 0.1) is 11.5 Å². The van der Waals surface area contributed by atoms with E-state index in [0.29, 0.717) is 13.0 Å². The van der Waals surface area contributed by atoms with Crippen LogP contribution in [0.5, 0.6) is 0 Å². The van der Waals surface area contributed by atoms with Crippen LogP contribution in [0.15, 0.2) is 24.3 Å². The van der Waals surface area contributed by atoms with Gasteiger partial charge in [-0.2, -0.15) is 5.26 Å². The molecule has 20 heavy (non-hydrogen) atoms. The third-order valence-electron chi connectivity index (χ3n) is 3.88. The van der Waals surface area contributed by atoms with Gasteiger partial charge in [-0.15, -0.1) is 0 Å². The molecule has 0 bridgehead atoms. The highest BCUT2D eigenvalue weighted by molar-refractivity contribution is 5.82. The van der Waals surface area contributed by atoms with Gasteiger partial charge < -0.3 is 10.0 Å². The smallest absolute Gasteiger partial charge is 0.326 e. The summed E-state index contributed by atoms with van der Waals surface area (Å²) in [7, 11) is 0. The van der Waals surface area contributed by atoms with Crippen LogP contribution >= 0.6 is 0 Å². The molecule has 0 aromatic heterocycles. The number of carbonyl (C=O) groups is 1. The molecule has 0 saturated carbocycles. The summed E-state index contributed by atoms with van der Waals surface area (Å²) in [6.45, 7) is 4.51. The van der Waals surface area contributed by atoms with Crippen molar-refractivity contribution < 1.29 is 9.90 Å². The maximum absolute atomic E-state index is 11.4. The number of hydrogen-bond acceptors (Lipinski definition) is 3. The van der Waals surface area contributed by atoms with Crippen molar-refractivity contribution in [2.24, 2.45) is 5.41 Å². The second-order valence-electron chi connectivity index (χ2n) is 5.98. The topological polar surface area (TPSA) is 64.3 Å². The predicted octanol–water partition coefficient (Wildman–Crippen LogP) is 2.83. The molecule has 1 aromatic carbocycles. The lowest BCUT2D eigenvalue weighted by molar-refractivity contribution is -0.138. The first-order valence-electron chi connectivity index (χ1n) is 6.93. The van der Waals surface area contributed by atoms with Gasteiger partial charge in [-0.3, -0.25) is 0 Å². The van der Waals surface area contributed by atoms with Gasteiger partial charge in [-0.05, 0) is 38.3 Å². The number of fused-ring (bicyclic) bond motifs is 1. The Morgan fingerprint density at radius 3 is 2.85 bits per heavy atom. The van der Waals surface area contributed by atoms with Crippen LogP contribution in [0.3, 0.4) is 0 Å². The van der Waals surface area contributed by atoms with E-state index in [1.165, 1.54) is 0 Å². The molecule has 4 nitrogen and oxygen atoms in total. The molecule has 1 heterocycles. The molecule has 1 unspecified atom stereocenters. The Balaban J connectivity index is 2.08. The molecule has 0 amide bonds. The zero-order valence-corrected chi connectivity index (χ0v) is 12.0.